The van der Waals surface area contributed by atoms with E-state index in [1.165, 1.54) is 44.9 Å². The van der Waals surface area contributed by atoms with E-state index >= 15 is 0 Å². The first-order valence-electron chi connectivity index (χ1n) is 14.8. The van der Waals surface area contributed by atoms with E-state index in [-0.39, 0.29) is 0 Å². The smallest absolute Gasteiger partial charge is 0.0411 e. The van der Waals surface area contributed by atoms with Gasteiger partial charge < -0.3 is 0 Å². The van der Waals surface area contributed by atoms with Gasteiger partial charge in [0, 0.05) is 0 Å². The van der Waals surface area contributed by atoms with Crippen LogP contribution in [-0.4, -0.2) is 0 Å². The van der Waals surface area contributed by atoms with Gasteiger partial charge in [-0.3, -0.25) is 0 Å². The molecule has 0 saturated heterocycles. The highest BCUT2D eigenvalue weighted by molar-refractivity contribution is 4.81. The van der Waals surface area contributed by atoms with Gasteiger partial charge in [-0.25, -0.2) is 0 Å². The fourth-order valence-corrected chi connectivity index (χ4v) is 7.51. The SMILES string of the molecule is CCCCCCC1CCC(C[C@H]2CC[C@H](CC3CCC(CCCC)CC3)CC2)CC1. The number of hydrogen-bond acceptors (Lipinski definition) is 0. The average molecular weight is 417 g/mol. The van der Waals surface area contributed by atoms with Gasteiger partial charge in [-0.1, -0.05) is 142 Å². The van der Waals surface area contributed by atoms with Crippen LogP contribution in [0.4, 0.5) is 0 Å². The van der Waals surface area contributed by atoms with Crippen molar-refractivity contribution in [3.05, 3.63) is 0 Å². The molecule has 0 radical (unpaired) electrons. The predicted octanol–water partition coefficient (Wildman–Crippen LogP) is 10.3. The molecule has 3 aliphatic carbocycles. The van der Waals surface area contributed by atoms with Crippen LogP contribution in [0.3, 0.4) is 0 Å². The Morgan fingerprint density at radius 3 is 1.07 bits per heavy atom. The Labute approximate surface area is 190 Å². The van der Waals surface area contributed by atoms with Crippen molar-refractivity contribution in [1.29, 1.82) is 0 Å². The molecule has 3 rings (SSSR count). The molecule has 0 aromatic carbocycles. The Morgan fingerprint density at radius 2 is 0.700 bits per heavy atom. The maximum absolute atomic E-state index is 2.35. The van der Waals surface area contributed by atoms with Gasteiger partial charge in [-0.05, 0) is 48.3 Å². The van der Waals surface area contributed by atoms with Crippen LogP contribution in [0.2, 0.25) is 0 Å². The van der Waals surface area contributed by atoms with Crippen LogP contribution >= 0.6 is 0 Å². The van der Waals surface area contributed by atoms with Gasteiger partial charge in [0.2, 0.25) is 0 Å². The van der Waals surface area contributed by atoms with Crippen LogP contribution in [0.1, 0.15) is 155 Å². The second kappa shape index (κ2) is 14.2. The summed E-state index contributed by atoms with van der Waals surface area (Å²) in [6, 6.07) is 0. The average Bonchev–Trinajstić information content (AvgIpc) is 2.79. The molecule has 0 unspecified atom stereocenters. The summed E-state index contributed by atoms with van der Waals surface area (Å²) in [6.45, 7) is 4.68. The van der Waals surface area contributed by atoms with Gasteiger partial charge in [0.05, 0.1) is 0 Å². The van der Waals surface area contributed by atoms with Crippen molar-refractivity contribution in [2.45, 2.75) is 155 Å². The maximum atomic E-state index is 2.35. The zero-order valence-electron chi connectivity index (χ0n) is 21.0. The van der Waals surface area contributed by atoms with Crippen LogP contribution in [0.5, 0.6) is 0 Å². The van der Waals surface area contributed by atoms with Crippen LogP contribution < -0.4 is 0 Å². The molecule has 176 valence electrons. The third-order valence-electron chi connectivity index (χ3n) is 9.66. The van der Waals surface area contributed by atoms with Crippen molar-refractivity contribution >= 4 is 0 Å². The Kier molecular flexibility index (Phi) is 11.7. The predicted molar refractivity (Wildman–Crippen MR) is 134 cm³/mol. The number of hydrogen-bond donors (Lipinski definition) is 0. The van der Waals surface area contributed by atoms with Crippen molar-refractivity contribution in [2.75, 3.05) is 0 Å². The lowest BCUT2D eigenvalue weighted by molar-refractivity contribution is 0.161. The molecule has 30 heavy (non-hydrogen) atoms. The van der Waals surface area contributed by atoms with E-state index < -0.39 is 0 Å². The lowest BCUT2D eigenvalue weighted by atomic mass is 9.70. The third-order valence-corrected chi connectivity index (χ3v) is 9.66. The molecule has 0 aliphatic heterocycles. The molecule has 0 spiro atoms. The largest absolute Gasteiger partial charge is 0.0654 e. The van der Waals surface area contributed by atoms with Crippen molar-refractivity contribution in [1.82, 2.24) is 0 Å². The molecule has 3 aliphatic rings. The minimum Gasteiger partial charge on any atom is -0.0654 e. The summed E-state index contributed by atoms with van der Waals surface area (Å²) in [5, 5.41) is 0. The minimum absolute atomic E-state index is 1.09. The molecule has 0 N–H and O–H groups in total. The summed E-state index contributed by atoms with van der Waals surface area (Å²) in [5.74, 6) is 6.55. The fraction of sp³-hybridized carbons (Fsp3) is 1.00. The summed E-state index contributed by atoms with van der Waals surface area (Å²) in [6.07, 6.45) is 33.8. The van der Waals surface area contributed by atoms with Crippen molar-refractivity contribution < 1.29 is 0 Å². The zero-order valence-corrected chi connectivity index (χ0v) is 21.0. The molecule has 0 nitrogen and oxygen atoms in total. The molecule has 3 saturated carbocycles. The standard InChI is InChI=1S/C30H56/c1-3-5-7-8-10-26-13-17-28(18-14-26)24-30-21-19-29(20-22-30)23-27-15-11-25(12-16-27)9-6-4-2/h25-30H,3-24H2,1-2H3/t25?,26?,27?,28?,29-,30-. The molecule has 0 atom stereocenters. The van der Waals surface area contributed by atoms with E-state index in [0.29, 0.717) is 0 Å². The quantitative estimate of drug-likeness (QED) is 0.277. The van der Waals surface area contributed by atoms with Gasteiger partial charge in [0.1, 0.15) is 0 Å². The van der Waals surface area contributed by atoms with E-state index in [1.54, 1.807) is 96.3 Å². The van der Waals surface area contributed by atoms with Gasteiger partial charge in [-0.15, -0.1) is 0 Å². The summed E-state index contributed by atoms with van der Waals surface area (Å²) in [5.41, 5.74) is 0. The molecule has 0 aromatic rings. The van der Waals surface area contributed by atoms with Crippen LogP contribution in [0, 0.1) is 35.5 Å². The van der Waals surface area contributed by atoms with E-state index in [0.717, 1.165) is 35.5 Å². The maximum Gasteiger partial charge on any atom is -0.0411 e. The minimum atomic E-state index is 1.09. The molecule has 0 aromatic heterocycles. The second-order valence-corrected chi connectivity index (χ2v) is 12.1. The van der Waals surface area contributed by atoms with Crippen LogP contribution in [0.25, 0.3) is 0 Å². The summed E-state index contributed by atoms with van der Waals surface area (Å²) >= 11 is 0. The number of unbranched alkanes of at least 4 members (excludes halogenated alkanes) is 4. The molecule has 0 heteroatoms. The van der Waals surface area contributed by atoms with E-state index in [1.807, 2.05) is 0 Å². The molecular formula is C30H56. The summed E-state index contributed by atoms with van der Waals surface area (Å²) in [4.78, 5) is 0. The normalized spacial score (nSPS) is 35.4. The lowest BCUT2D eigenvalue weighted by Gasteiger charge is -2.36. The van der Waals surface area contributed by atoms with Crippen molar-refractivity contribution in [3.8, 4) is 0 Å². The van der Waals surface area contributed by atoms with E-state index in [4.69, 9.17) is 0 Å². The van der Waals surface area contributed by atoms with Gasteiger partial charge >= 0.3 is 0 Å². The first kappa shape index (κ1) is 24.6. The Hall–Kier alpha value is 0. The van der Waals surface area contributed by atoms with Gasteiger partial charge in [0.15, 0.2) is 0 Å². The Bertz CT molecular complexity index is 402. The van der Waals surface area contributed by atoms with Gasteiger partial charge in [-0.2, -0.15) is 0 Å². The van der Waals surface area contributed by atoms with Gasteiger partial charge in [0.25, 0.3) is 0 Å². The first-order chi connectivity index (χ1) is 14.8. The Balaban J connectivity index is 1.23. The van der Waals surface area contributed by atoms with Crippen molar-refractivity contribution in [2.24, 2.45) is 35.5 Å². The second-order valence-electron chi connectivity index (χ2n) is 12.1. The molecule has 3 fully saturated rings. The Morgan fingerprint density at radius 1 is 0.367 bits per heavy atom. The summed E-state index contributed by atoms with van der Waals surface area (Å²) < 4.78 is 0. The topological polar surface area (TPSA) is 0 Å². The highest BCUT2D eigenvalue weighted by Gasteiger charge is 2.29. The van der Waals surface area contributed by atoms with E-state index in [2.05, 4.69) is 13.8 Å². The molecular weight excluding hydrogens is 360 g/mol. The lowest BCUT2D eigenvalue weighted by Crippen LogP contribution is -2.23. The molecule has 0 heterocycles. The fourth-order valence-electron chi connectivity index (χ4n) is 7.51. The molecule has 0 bridgehead atoms. The monoisotopic (exact) mass is 416 g/mol. The van der Waals surface area contributed by atoms with Crippen LogP contribution in [0.15, 0.2) is 0 Å². The highest BCUT2D eigenvalue weighted by Crippen LogP contribution is 2.42. The first-order valence-corrected chi connectivity index (χ1v) is 14.8. The number of rotatable bonds is 12. The zero-order chi connectivity index (χ0) is 21.0. The highest BCUT2D eigenvalue weighted by atomic mass is 14.3. The third kappa shape index (κ3) is 8.86. The molecule has 0 amide bonds. The van der Waals surface area contributed by atoms with Crippen LogP contribution in [-0.2, 0) is 0 Å². The van der Waals surface area contributed by atoms with E-state index in [9.17, 15) is 0 Å². The van der Waals surface area contributed by atoms with Crippen molar-refractivity contribution in [3.63, 3.8) is 0 Å². The summed E-state index contributed by atoms with van der Waals surface area (Å²) in [7, 11) is 0.